The monoisotopic (exact) mass is 407 g/mol. The molecule has 2 aromatic heterocycles. The second-order valence-electron chi connectivity index (χ2n) is 7.51. The summed E-state index contributed by atoms with van der Waals surface area (Å²) in [6.45, 7) is -0.0903. The maximum Gasteiger partial charge on any atom is 0.258 e. The number of pyridine rings is 1. The molecule has 4 rings (SSSR count). The minimum atomic E-state index is -0.590. The number of carbonyl (C=O) groups is 1. The lowest BCUT2D eigenvalue weighted by Gasteiger charge is -2.33. The molecule has 8 nitrogen and oxygen atoms in total. The highest BCUT2D eigenvalue weighted by atomic mass is 16.5. The minimum absolute atomic E-state index is 0.0903. The molecular weight excluding hydrogens is 382 g/mol. The van der Waals surface area contributed by atoms with Crippen LogP contribution in [0, 0.1) is 0 Å². The second kappa shape index (κ2) is 9.04. The number of benzene rings is 1. The summed E-state index contributed by atoms with van der Waals surface area (Å²) in [5.41, 5.74) is 0.859. The van der Waals surface area contributed by atoms with Gasteiger partial charge in [0.15, 0.2) is 12.4 Å². The van der Waals surface area contributed by atoms with Gasteiger partial charge in [-0.15, -0.1) is 0 Å². The zero-order chi connectivity index (χ0) is 20.9. The number of hydrogen-bond donors (Lipinski definition) is 2. The molecule has 0 unspecified atom stereocenters. The molecule has 2 heterocycles. The topological polar surface area (TPSA) is 102 Å². The molecule has 156 valence electrons. The minimum Gasteiger partial charge on any atom is -0.484 e. The number of nitrogens with zero attached hydrogens (tertiary/aromatic N) is 4. The number of nitrogens with one attached hydrogen (secondary N) is 1. The number of aliphatic hydroxyl groups excluding tert-OH is 1. The lowest BCUT2D eigenvalue weighted by molar-refractivity contribution is -0.125. The van der Waals surface area contributed by atoms with Crippen LogP contribution >= 0.6 is 0 Å². The average molecular weight is 407 g/mol. The number of carbonyl (C=O) groups excluding carboxylic acids is 1. The molecular formula is C22H25N5O3. The number of ether oxygens (including phenoxy) is 1. The molecule has 2 N–H and O–H groups in total. The number of aliphatic hydroxyl groups is 1. The van der Waals surface area contributed by atoms with Crippen molar-refractivity contribution in [3.05, 3.63) is 60.7 Å². The number of para-hydroxylation sites is 1. The first-order chi connectivity index (χ1) is 14.6. The van der Waals surface area contributed by atoms with Crippen LogP contribution in [-0.2, 0) is 11.8 Å². The number of rotatable bonds is 6. The van der Waals surface area contributed by atoms with Crippen molar-refractivity contribution in [1.29, 1.82) is 0 Å². The van der Waals surface area contributed by atoms with Gasteiger partial charge in [-0.3, -0.25) is 14.5 Å². The Morgan fingerprint density at radius 1 is 1.23 bits per heavy atom. The van der Waals surface area contributed by atoms with Crippen LogP contribution in [0.25, 0.3) is 11.4 Å². The number of aryl methyl sites for hydroxylation is 1. The van der Waals surface area contributed by atoms with Gasteiger partial charge in [0.1, 0.15) is 11.6 Å². The van der Waals surface area contributed by atoms with E-state index in [-0.39, 0.29) is 24.5 Å². The van der Waals surface area contributed by atoms with Crippen LogP contribution in [-0.4, -0.2) is 49.5 Å². The third-order valence-electron chi connectivity index (χ3n) is 5.35. The predicted molar refractivity (Wildman–Crippen MR) is 111 cm³/mol. The first-order valence-electron chi connectivity index (χ1n) is 10.1. The summed E-state index contributed by atoms with van der Waals surface area (Å²) >= 11 is 0. The van der Waals surface area contributed by atoms with Gasteiger partial charge in [-0.25, -0.2) is 4.98 Å². The van der Waals surface area contributed by atoms with Gasteiger partial charge in [0.25, 0.3) is 5.91 Å². The Balaban J connectivity index is 1.40. The van der Waals surface area contributed by atoms with E-state index in [0.29, 0.717) is 24.4 Å². The van der Waals surface area contributed by atoms with Crippen molar-refractivity contribution in [3.8, 4) is 17.1 Å². The molecule has 0 radical (unpaired) electrons. The zero-order valence-electron chi connectivity index (χ0n) is 16.8. The molecule has 1 fully saturated rings. The van der Waals surface area contributed by atoms with E-state index in [9.17, 15) is 9.90 Å². The van der Waals surface area contributed by atoms with Gasteiger partial charge >= 0.3 is 0 Å². The molecule has 0 bridgehead atoms. The van der Waals surface area contributed by atoms with Crippen molar-refractivity contribution >= 4 is 5.91 Å². The van der Waals surface area contributed by atoms with Gasteiger partial charge in [-0.05, 0) is 43.5 Å². The third kappa shape index (κ3) is 4.65. The van der Waals surface area contributed by atoms with Crippen molar-refractivity contribution in [1.82, 2.24) is 25.1 Å². The van der Waals surface area contributed by atoms with Crippen LogP contribution in [0.3, 0.4) is 0 Å². The van der Waals surface area contributed by atoms with E-state index < -0.39 is 6.10 Å². The fourth-order valence-corrected chi connectivity index (χ4v) is 3.83. The van der Waals surface area contributed by atoms with Gasteiger partial charge in [-0.2, -0.15) is 5.10 Å². The molecule has 1 saturated carbocycles. The van der Waals surface area contributed by atoms with E-state index in [1.807, 2.05) is 37.4 Å². The van der Waals surface area contributed by atoms with Crippen molar-refractivity contribution in [3.63, 3.8) is 0 Å². The van der Waals surface area contributed by atoms with Crippen LogP contribution in [0.5, 0.6) is 5.75 Å². The number of hydrogen-bond acceptors (Lipinski definition) is 6. The molecule has 0 spiro atoms. The Bertz CT molecular complexity index is 977. The quantitative estimate of drug-likeness (QED) is 0.649. The fraction of sp³-hybridized carbons (Fsp3) is 0.364. The molecule has 3 atom stereocenters. The molecule has 1 amide bonds. The smallest absolute Gasteiger partial charge is 0.258 e. The molecule has 30 heavy (non-hydrogen) atoms. The van der Waals surface area contributed by atoms with Gasteiger partial charge in [0, 0.05) is 30.9 Å². The lowest BCUT2D eigenvalue weighted by Crippen LogP contribution is -2.48. The van der Waals surface area contributed by atoms with E-state index in [2.05, 4.69) is 15.4 Å². The van der Waals surface area contributed by atoms with Crippen LogP contribution in [0.2, 0.25) is 0 Å². The Morgan fingerprint density at radius 3 is 2.83 bits per heavy atom. The third-order valence-corrected chi connectivity index (χ3v) is 5.35. The fourth-order valence-electron chi connectivity index (χ4n) is 3.83. The van der Waals surface area contributed by atoms with Crippen molar-refractivity contribution in [2.24, 2.45) is 7.05 Å². The summed E-state index contributed by atoms with van der Waals surface area (Å²) < 4.78 is 7.28. The first-order valence-corrected chi connectivity index (χ1v) is 10.1. The summed E-state index contributed by atoms with van der Waals surface area (Å²) in [5.74, 6) is 1.95. The van der Waals surface area contributed by atoms with Crippen LogP contribution in [0.1, 0.15) is 31.0 Å². The maximum atomic E-state index is 12.3. The SMILES string of the molecule is Cn1nc(-c2cccnc2)nc1[C@H]1CC[C@@H](O)[C@H](NC(=O)COc2ccccc2)C1. The molecule has 0 saturated heterocycles. The highest BCUT2D eigenvalue weighted by Gasteiger charge is 2.33. The molecule has 1 aromatic carbocycles. The van der Waals surface area contributed by atoms with E-state index >= 15 is 0 Å². The largest absolute Gasteiger partial charge is 0.484 e. The Kier molecular flexibility index (Phi) is 6.04. The lowest BCUT2D eigenvalue weighted by atomic mass is 9.83. The van der Waals surface area contributed by atoms with Crippen molar-refractivity contribution in [2.45, 2.75) is 37.3 Å². The van der Waals surface area contributed by atoms with Crippen LogP contribution < -0.4 is 10.1 Å². The maximum absolute atomic E-state index is 12.3. The van der Waals surface area contributed by atoms with Gasteiger partial charge in [-0.1, -0.05) is 18.2 Å². The molecule has 0 aliphatic heterocycles. The zero-order valence-corrected chi connectivity index (χ0v) is 16.8. The highest BCUT2D eigenvalue weighted by molar-refractivity contribution is 5.78. The number of amides is 1. The van der Waals surface area contributed by atoms with Crippen LogP contribution in [0.4, 0.5) is 0 Å². The Morgan fingerprint density at radius 2 is 2.07 bits per heavy atom. The average Bonchev–Trinajstić information content (AvgIpc) is 3.17. The second-order valence-corrected chi connectivity index (χ2v) is 7.51. The summed E-state index contributed by atoms with van der Waals surface area (Å²) in [5, 5.41) is 17.8. The summed E-state index contributed by atoms with van der Waals surface area (Å²) in [4.78, 5) is 21.2. The summed E-state index contributed by atoms with van der Waals surface area (Å²) in [6.07, 6.45) is 4.83. The van der Waals surface area contributed by atoms with Crippen molar-refractivity contribution in [2.75, 3.05) is 6.61 Å². The number of aromatic nitrogens is 4. The van der Waals surface area contributed by atoms with E-state index in [1.54, 1.807) is 29.2 Å². The van der Waals surface area contributed by atoms with Crippen LogP contribution in [0.15, 0.2) is 54.9 Å². The van der Waals surface area contributed by atoms with Gasteiger partial charge < -0.3 is 15.2 Å². The molecule has 3 aromatic rings. The van der Waals surface area contributed by atoms with E-state index in [4.69, 9.17) is 9.72 Å². The first kappa shape index (κ1) is 20.0. The predicted octanol–water partition coefficient (Wildman–Crippen LogP) is 2.07. The summed E-state index contributed by atoms with van der Waals surface area (Å²) in [6, 6.07) is 12.6. The van der Waals surface area contributed by atoms with E-state index in [1.165, 1.54) is 0 Å². The van der Waals surface area contributed by atoms with E-state index in [0.717, 1.165) is 17.8 Å². The Hall–Kier alpha value is -3.26. The van der Waals surface area contributed by atoms with Gasteiger partial charge in [0.05, 0.1) is 12.1 Å². The standard InChI is InChI=1S/C22H25N5O3/c1-27-22(25-21(26-27)16-6-5-11-23-13-16)15-9-10-19(28)18(12-15)24-20(29)14-30-17-7-3-2-4-8-17/h2-8,11,13,15,18-19,28H,9-10,12,14H2,1H3,(H,24,29)/t15-,18+,19+/m0/s1. The van der Waals surface area contributed by atoms with Gasteiger partial charge in [0.2, 0.25) is 0 Å². The molecule has 1 aliphatic carbocycles. The molecule has 1 aliphatic rings. The normalized spacial score (nSPS) is 21.2. The Labute approximate surface area is 174 Å². The summed E-state index contributed by atoms with van der Waals surface area (Å²) in [7, 11) is 1.87. The molecule has 8 heteroatoms. The highest BCUT2D eigenvalue weighted by Crippen LogP contribution is 2.33. The van der Waals surface area contributed by atoms with Crippen molar-refractivity contribution < 1.29 is 14.6 Å².